The number of nitrogens with two attached hydrogens (primary N) is 1. The standard InChI is InChI=1S/C23H20N4O4S/c1-15-4-6-16(7-5-15)14-27-21-17(3-2-12-25-21)13-20(23(27)29)22(28)26-18-8-10-19(11-9-18)32(24,30)31/h2-13H,14H2,1H3,(H,26,28)(H2,24,30,31). The molecule has 32 heavy (non-hydrogen) atoms. The van der Waals surface area contributed by atoms with Gasteiger partial charge in [0, 0.05) is 17.3 Å². The Morgan fingerprint density at radius 3 is 2.41 bits per heavy atom. The van der Waals surface area contributed by atoms with Crippen molar-refractivity contribution in [3.05, 3.63) is 100.0 Å². The average Bonchev–Trinajstić information content (AvgIpc) is 2.76. The van der Waals surface area contributed by atoms with Crippen molar-refractivity contribution in [3.8, 4) is 0 Å². The van der Waals surface area contributed by atoms with E-state index in [2.05, 4.69) is 10.3 Å². The van der Waals surface area contributed by atoms with Crippen LogP contribution in [0.1, 0.15) is 21.5 Å². The zero-order valence-corrected chi connectivity index (χ0v) is 18.0. The van der Waals surface area contributed by atoms with Gasteiger partial charge in [0.15, 0.2) is 0 Å². The quantitative estimate of drug-likeness (QED) is 0.486. The molecular weight excluding hydrogens is 428 g/mol. The van der Waals surface area contributed by atoms with Crippen molar-refractivity contribution in [3.63, 3.8) is 0 Å². The van der Waals surface area contributed by atoms with E-state index in [0.717, 1.165) is 11.1 Å². The summed E-state index contributed by atoms with van der Waals surface area (Å²) in [5, 5.41) is 8.37. The smallest absolute Gasteiger partial charge is 0.265 e. The van der Waals surface area contributed by atoms with E-state index in [4.69, 9.17) is 5.14 Å². The number of hydrogen-bond donors (Lipinski definition) is 2. The van der Waals surface area contributed by atoms with Gasteiger partial charge in [-0.05, 0) is 55.0 Å². The zero-order valence-electron chi connectivity index (χ0n) is 17.1. The number of rotatable bonds is 5. The summed E-state index contributed by atoms with van der Waals surface area (Å²) in [7, 11) is -3.84. The van der Waals surface area contributed by atoms with Gasteiger partial charge in [0.05, 0.1) is 11.4 Å². The molecule has 162 valence electrons. The van der Waals surface area contributed by atoms with Crippen LogP contribution >= 0.6 is 0 Å². The highest BCUT2D eigenvalue weighted by Crippen LogP contribution is 2.16. The number of aryl methyl sites for hydroxylation is 1. The molecule has 0 atom stereocenters. The number of sulfonamides is 1. The monoisotopic (exact) mass is 448 g/mol. The highest BCUT2D eigenvalue weighted by Gasteiger charge is 2.17. The number of carbonyl (C=O) groups is 1. The number of aromatic nitrogens is 2. The van der Waals surface area contributed by atoms with Crippen molar-refractivity contribution in [2.75, 3.05) is 5.32 Å². The van der Waals surface area contributed by atoms with Gasteiger partial charge in [0.25, 0.3) is 11.5 Å². The van der Waals surface area contributed by atoms with Crippen LogP contribution in [0.5, 0.6) is 0 Å². The summed E-state index contributed by atoms with van der Waals surface area (Å²) in [6.07, 6.45) is 1.60. The third-order valence-electron chi connectivity index (χ3n) is 4.99. The number of primary sulfonamides is 1. The van der Waals surface area contributed by atoms with Crippen LogP contribution in [-0.2, 0) is 16.6 Å². The predicted octanol–water partition coefficient (Wildman–Crippen LogP) is 2.65. The molecule has 0 radical (unpaired) electrons. The van der Waals surface area contributed by atoms with E-state index in [-0.39, 0.29) is 17.0 Å². The van der Waals surface area contributed by atoms with Crippen LogP contribution in [0, 0.1) is 6.92 Å². The molecule has 0 aliphatic heterocycles. The van der Waals surface area contributed by atoms with Crippen molar-refractivity contribution in [1.82, 2.24) is 9.55 Å². The number of pyridine rings is 2. The Balaban J connectivity index is 1.72. The molecule has 8 nitrogen and oxygen atoms in total. The van der Waals surface area contributed by atoms with Crippen molar-refractivity contribution in [2.24, 2.45) is 5.14 Å². The first-order valence-electron chi connectivity index (χ1n) is 9.71. The first-order chi connectivity index (χ1) is 15.2. The summed E-state index contributed by atoms with van der Waals surface area (Å²) >= 11 is 0. The maximum atomic E-state index is 13.2. The van der Waals surface area contributed by atoms with Crippen LogP contribution in [0.15, 0.2) is 82.6 Å². The van der Waals surface area contributed by atoms with E-state index in [0.29, 0.717) is 16.7 Å². The molecule has 0 aliphatic carbocycles. The SMILES string of the molecule is Cc1ccc(Cn2c(=O)c(C(=O)Nc3ccc(S(N)(=O)=O)cc3)cc3cccnc32)cc1. The summed E-state index contributed by atoms with van der Waals surface area (Å²) in [5.41, 5.74) is 2.29. The lowest BCUT2D eigenvalue weighted by molar-refractivity contribution is 0.102. The molecule has 0 bridgehead atoms. The molecule has 0 aliphatic rings. The maximum absolute atomic E-state index is 13.2. The molecular formula is C23H20N4O4S. The van der Waals surface area contributed by atoms with Gasteiger partial charge in [0.2, 0.25) is 10.0 Å². The van der Waals surface area contributed by atoms with Crippen molar-refractivity contribution >= 4 is 32.7 Å². The molecule has 2 heterocycles. The summed E-state index contributed by atoms with van der Waals surface area (Å²) in [5.74, 6) is -0.609. The van der Waals surface area contributed by atoms with Crippen LogP contribution in [-0.4, -0.2) is 23.9 Å². The Morgan fingerprint density at radius 1 is 1.06 bits per heavy atom. The van der Waals surface area contributed by atoms with E-state index in [1.807, 2.05) is 31.2 Å². The number of amides is 1. The van der Waals surface area contributed by atoms with E-state index in [1.54, 1.807) is 18.3 Å². The lowest BCUT2D eigenvalue weighted by Gasteiger charge is -2.13. The van der Waals surface area contributed by atoms with E-state index >= 15 is 0 Å². The van der Waals surface area contributed by atoms with E-state index in [1.165, 1.54) is 34.9 Å². The third-order valence-corrected chi connectivity index (χ3v) is 5.92. The van der Waals surface area contributed by atoms with Crippen LogP contribution < -0.4 is 16.0 Å². The van der Waals surface area contributed by atoms with E-state index in [9.17, 15) is 18.0 Å². The summed E-state index contributed by atoms with van der Waals surface area (Å²) < 4.78 is 24.3. The first-order valence-corrected chi connectivity index (χ1v) is 11.3. The minimum absolute atomic E-state index is 0.0480. The van der Waals surface area contributed by atoms with Crippen LogP contribution in [0.25, 0.3) is 11.0 Å². The summed E-state index contributed by atoms with van der Waals surface area (Å²) in [6.45, 7) is 2.24. The van der Waals surface area contributed by atoms with E-state index < -0.39 is 21.5 Å². The van der Waals surface area contributed by atoms with Crippen LogP contribution in [0.3, 0.4) is 0 Å². The number of benzene rings is 2. The molecule has 3 N–H and O–H groups in total. The maximum Gasteiger partial charge on any atom is 0.265 e. The largest absolute Gasteiger partial charge is 0.322 e. The Morgan fingerprint density at radius 2 is 1.75 bits per heavy atom. The van der Waals surface area contributed by atoms with Crippen molar-refractivity contribution in [1.29, 1.82) is 0 Å². The minimum atomic E-state index is -3.84. The molecule has 0 spiro atoms. The molecule has 2 aromatic carbocycles. The molecule has 4 rings (SSSR count). The van der Waals surface area contributed by atoms with Crippen molar-refractivity contribution < 1.29 is 13.2 Å². The summed E-state index contributed by atoms with van der Waals surface area (Å²) in [6, 6.07) is 18.2. The third kappa shape index (κ3) is 4.43. The van der Waals surface area contributed by atoms with Gasteiger partial charge in [0.1, 0.15) is 11.2 Å². The normalized spacial score (nSPS) is 11.4. The Kier molecular flexibility index (Phi) is 5.60. The second kappa shape index (κ2) is 8.37. The molecule has 2 aromatic heterocycles. The topological polar surface area (TPSA) is 124 Å². The number of nitrogens with one attached hydrogen (secondary N) is 1. The lowest BCUT2D eigenvalue weighted by atomic mass is 10.1. The number of anilines is 1. The molecule has 0 unspecified atom stereocenters. The van der Waals surface area contributed by atoms with Gasteiger partial charge in [-0.25, -0.2) is 18.5 Å². The molecule has 0 saturated heterocycles. The number of fused-ring (bicyclic) bond motifs is 1. The Labute approximate surface area is 184 Å². The van der Waals surface area contributed by atoms with Crippen LogP contribution in [0.4, 0.5) is 5.69 Å². The lowest BCUT2D eigenvalue weighted by Crippen LogP contribution is -2.30. The minimum Gasteiger partial charge on any atom is -0.322 e. The number of nitrogens with zero attached hydrogens (tertiary/aromatic N) is 2. The van der Waals surface area contributed by atoms with Gasteiger partial charge in [-0.2, -0.15) is 0 Å². The zero-order chi connectivity index (χ0) is 22.9. The Bertz CT molecular complexity index is 1480. The highest BCUT2D eigenvalue weighted by molar-refractivity contribution is 7.89. The summed E-state index contributed by atoms with van der Waals surface area (Å²) in [4.78, 5) is 30.4. The first kappa shape index (κ1) is 21.4. The number of carbonyl (C=O) groups excluding carboxylic acids is 1. The molecule has 4 aromatic rings. The molecule has 0 saturated carbocycles. The average molecular weight is 449 g/mol. The molecule has 0 fully saturated rings. The van der Waals surface area contributed by atoms with Gasteiger partial charge in [-0.3, -0.25) is 14.2 Å². The van der Waals surface area contributed by atoms with Gasteiger partial charge in [-0.1, -0.05) is 29.8 Å². The van der Waals surface area contributed by atoms with Gasteiger partial charge >= 0.3 is 0 Å². The second-order valence-corrected chi connectivity index (χ2v) is 8.94. The predicted molar refractivity (Wildman–Crippen MR) is 122 cm³/mol. The Hall–Kier alpha value is -3.82. The fraction of sp³-hybridized carbons (Fsp3) is 0.0870. The van der Waals surface area contributed by atoms with Crippen molar-refractivity contribution in [2.45, 2.75) is 18.4 Å². The fourth-order valence-electron chi connectivity index (χ4n) is 3.32. The number of hydrogen-bond acceptors (Lipinski definition) is 5. The van der Waals surface area contributed by atoms with Gasteiger partial charge in [-0.15, -0.1) is 0 Å². The fourth-order valence-corrected chi connectivity index (χ4v) is 3.83. The van der Waals surface area contributed by atoms with Gasteiger partial charge < -0.3 is 5.32 Å². The molecule has 9 heteroatoms. The second-order valence-electron chi connectivity index (χ2n) is 7.37. The molecule has 1 amide bonds. The highest BCUT2D eigenvalue weighted by atomic mass is 32.2. The van der Waals surface area contributed by atoms with Crippen LogP contribution in [0.2, 0.25) is 0 Å².